The van der Waals surface area contributed by atoms with E-state index in [2.05, 4.69) is 15.4 Å². The molecule has 1 amide bonds. The molecule has 1 aliphatic rings. The molecule has 3 aromatic rings. The number of hydroxylamine groups is 2. The van der Waals surface area contributed by atoms with E-state index in [0.29, 0.717) is 24.4 Å². The number of amides is 1. The molecule has 35 heavy (non-hydrogen) atoms. The molecule has 2 heterocycles. The topological polar surface area (TPSA) is 110 Å². The van der Waals surface area contributed by atoms with Gasteiger partial charge < -0.3 is 15.3 Å². The third-order valence-corrected chi connectivity index (χ3v) is 6.31. The largest absolute Gasteiger partial charge is 0.387 e. The summed E-state index contributed by atoms with van der Waals surface area (Å²) < 4.78 is 1.53. The first kappa shape index (κ1) is 24.6. The summed E-state index contributed by atoms with van der Waals surface area (Å²) in [6, 6.07) is 16.2. The van der Waals surface area contributed by atoms with Crippen molar-refractivity contribution in [1.29, 1.82) is 0 Å². The van der Waals surface area contributed by atoms with Gasteiger partial charge >= 0.3 is 5.97 Å². The van der Waals surface area contributed by atoms with Gasteiger partial charge in [-0.15, -0.1) is 5.06 Å². The van der Waals surface area contributed by atoms with Gasteiger partial charge in [-0.25, -0.2) is 9.67 Å². The van der Waals surface area contributed by atoms with Gasteiger partial charge in [-0.3, -0.25) is 9.59 Å². The number of anilines is 1. The normalized spacial score (nSPS) is 19.8. The maximum Gasteiger partial charge on any atom is 0.322 e. The molecule has 0 spiro atoms. The van der Waals surface area contributed by atoms with Crippen LogP contribution in [0.3, 0.4) is 0 Å². The van der Waals surface area contributed by atoms with E-state index in [9.17, 15) is 14.7 Å². The number of hydrogen-bond acceptors (Lipinski definition) is 7. The van der Waals surface area contributed by atoms with Gasteiger partial charge in [-0.1, -0.05) is 42.5 Å². The molecule has 184 valence electrons. The van der Waals surface area contributed by atoms with Gasteiger partial charge in [0.25, 0.3) is 0 Å². The van der Waals surface area contributed by atoms with E-state index in [4.69, 9.17) is 4.84 Å². The molecular formula is C26H31N5O4. The second-order valence-electron chi connectivity index (χ2n) is 8.93. The predicted octanol–water partition coefficient (Wildman–Crippen LogP) is 3.37. The Balaban J connectivity index is 1.40. The van der Waals surface area contributed by atoms with Crippen LogP contribution in [0.25, 0.3) is 0 Å². The predicted molar refractivity (Wildman–Crippen MR) is 130 cm³/mol. The fourth-order valence-electron chi connectivity index (χ4n) is 4.45. The molecule has 1 aromatic heterocycles. The molecule has 2 N–H and O–H groups in total. The second kappa shape index (κ2) is 10.8. The van der Waals surface area contributed by atoms with Gasteiger partial charge in [-0.2, -0.15) is 5.10 Å². The van der Waals surface area contributed by atoms with E-state index < -0.39 is 18.1 Å². The Morgan fingerprint density at radius 3 is 2.49 bits per heavy atom. The number of hydrogen-bond donors (Lipinski definition) is 2. The average Bonchev–Trinajstić information content (AvgIpc) is 3.45. The zero-order chi connectivity index (χ0) is 24.9. The molecule has 4 atom stereocenters. The zero-order valence-corrected chi connectivity index (χ0v) is 20.2. The summed E-state index contributed by atoms with van der Waals surface area (Å²) in [6.07, 6.45) is 2.93. The van der Waals surface area contributed by atoms with E-state index in [-0.39, 0.29) is 18.0 Å². The highest BCUT2D eigenvalue weighted by molar-refractivity contribution is 5.93. The monoisotopic (exact) mass is 477 g/mol. The quantitative estimate of drug-likeness (QED) is 0.512. The number of aliphatic hydroxyl groups excluding tert-OH is 1. The molecule has 1 saturated heterocycles. The average molecular weight is 478 g/mol. The minimum Gasteiger partial charge on any atom is -0.387 e. The van der Waals surface area contributed by atoms with Crippen molar-refractivity contribution >= 4 is 17.6 Å². The minimum absolute atomic E-state index is 0.0571. The van der Waals surface area contributed by atoms with Gasteiger partial charge in [0.1, 0.15) is 18.2 Å². The number of carbonyl (C=O) groups excluding carboxylic acids is 2. The van der Waals surface area contributed by atoms with Crippen LogP contribution in [0.15, 0.2) is 60.9 Å². The van der Waals surface area contributed by atoms with Crippen LogP contribution in [0.4, 0.5) is 5.69 Å². The number of benzene rings is 2. The molecule has 1 aliphatic heterocycles. The lowest BCUT2D eigenvalue weighted by Crippen LogP contribution is -2.41. The summed E-state index contributed by atoms with van der Waals surface area (Å²) >= 11 is 0. The number of aromatic nitrogens is 3. The highest BCUT2D eigenvalue weighted by Crippen LogP contribution is 2.35. The number of carbonyl (C=O) groups is 2. The lowest BCUT2D eigenvalue weighted by Gasteiger charge is -2.31. The Morgan fingerprint density at radius 2 is 1.86 bits per heavy atom. The SMILES string of the molecule is CC(=O)ON1[C@H](Cc2ccc(NC(=O)[C@H](C)n3cnc(C)n3)cc2)CC[C@@H]1[C@H](O)c1ccccc1. The lowest BCUT2D eigenvalue weighted by atomic mass is 10.0. The summed E-state index contributed by atoms with van der Waals surface area (Å²) in [4.78, 5) is 34.0. The summed E-state index contributed by atoms with van der Waals surface area (Å²) in [5, 5.41) is 19.7. The lowest BCUT2D eigenvalue weighted by molar-refractivity contribution is -0.212. The van der Waals surface area contributed by atoms with Crippen LogP contribution in [0.5, 0.6) is 0 Å². The molecule has 0 radical (unpaired) electrons. The first-order valence-electron chi connectivity index (χ1n) is 11.8. The highest BCUT2D eigenvalue weighted by atomic mass is 16.7. The molecule has 0 unspecified atom stereocenters. The van der Waals surface area contributed by atoms with E-state index >= 15 is 0 Å². The van der Waals surface area contributed by atoms with Crippen molar-refractivity contribution in [3.05, 3.63) is 77.9 Å². The third-order valence-electron chi connectivity index (χ3n) is 6.31. The number of nitrogens with one attached hydrogen (secondary N) is 1. The number of rotatable bonds is 8. The first-order chi connectivity index (χ1) is 16.8. The Hall–Kier alpha value is -3.56. The van der Waals surface area contributed by atoms with Crippen molar-refractivity contribution in [2.75, 3.05) is 5.32 Å². The van der Waals surface area contributed by atoms with Crippen molar-refractivity contribution < 1.29 is 19.5 Å². The van der Waals surface area contributed by atoms with Crippen LogP contribution in [-0.4, -0.2) is 48.9 Å². The molecule has 2 aromatic carbocycles. The summed E-state index contributed by atoms with van der Waals surface area (Å²) in [5.41, 5.74) is 2.52. The summed E-state index contributed by atoms with van der Waals surface area (Å²) in [6.45, 7) is 4.92. The molecule has 9 heteroatoms. The smallest absolute Gasteiger partial charge is 0.322 e. The van der Waals surface area contributed by atoms with Crippen molar-refractivity contribution in [3.63, 3.8) is 0 Å². The molecular weight excluding hydrogens is 446 g/mol. The third kappa shape index (κ3) is 5.93. The van der Waals surface area contributed by atoms with Crippen LogP contribution < -0.4 is 5.32 Å². The fraction of sp³-hybridized carbons (Fsp3) is 0.385. The van der Waals surface area contributed by atoms with Crippen LogP contribution >= 0.6 is 0 Å². The number of aliphatic hydroxyl groups is 1. The van der Waals surface area contributed by atoms with Gasteiger partial charge in [0.05, 0.1) is 18.2 Å². The highest BCUT2D eigenvalue weighted by Gasteiger charge is 2.40. The maximum absolute atomic E-state index is 12.6. The Morgan fingerprint density at radius 1 is 1.14 bits per heavy atom. The summed E-state index contributed by atoms with van der Waals surface area (Å²) in [5.74, 6) is 0.0244. The van der Waals surface area contributed by atoms with E-state index in [1.54, 1.807) is 25.2 Å². The Bertz CT molecular complexity index is 1150. The number of aryl methyl sites for hydroxylation is 1. The van der Waals surface area contributed by atoms with Crippen LogP contribution in [-0.2, 0) is 20.8 Å². The van der Waals surface area contributed by atoms with E-state index in [1.165, 1.54) is 11.6 Å². The first-order valence-corrected chi connectivity index (χ1v) is 11.8. The molecule has 9 nitrogen and oxygen atoms in total. The van der Waals surface area contributed by atoms with Gasteiger partial charge in [-0.05, 0) is 56.4 Å². The minimum atomic E-state index is -0.756. The summed E-state index contributed by atoms with van der Waals surface area (Å²) in [7, 11) is 0. The molecule has 1 fully saturated rings. The van der Waals surface area contributed by atoms with Crippen molar-refractivity contribution in [1.82, 2.24) is 19.8 Å². The van der Waals surface area contributed by atoms with Gasteiger partial charge in [0.15, 0.2) is 0 Å². The van der Waals surface area contributed by atoms with Crippen LogP contribution in [0.2, 0.25) is 0 Å². The van der Waals surface area contributed by atoms with Gasteiger partial charge in [0, 0.05) is 12.6 Å². The standard InChI is InChI=1S/C26H31N5O4/c1-17(30-16-27-18(2)29-30)26(34)28-22-11-9-20(10-12-22)15-23-13-14-24(31(23)35-19(3)32)25(33)21-7-5-4-6-8-21/h4-12,16-17,23-25,33H,13-15H2,1-3H3,(H,28,34)/t17-,23-,24+,25+/m0/s1. The van der Waals surface area contributed by atoms with Crippen LogP contribution in [0.1, 0.15) is 55.8 Å². The van der Waals surface area contributed by atoms with E-state index in [0.717, 1.165) is 17.5 Å². The molecule has 0 aliphatic carbocycles. The molecule has 0 saturated carbocycles. The zero-order valence-electron chi connectivity index (χ0n) is 20.2. The van der Waals surface area contributed by atoms with Crippen LogP contribution in [0, 0.1) is 6.92 Å². The Labute approximate surface area is 204 Å². The van der Waals surface area contributed by atoms with Crippen molar-refractivity contribution in [2.45, 2.75) is 64.3 Å². The van der Waals surface area contributed by atoms with E-state index in [1.807, 2.05) is 54.6 Å². The molecule has 0 bridgehead atoms. The Kier molecular flexibility index (Phi) is 7.57. The second-order valence-corrected chi connectivity index (χ2v) is 8.93. The maximum atomic E-state index is 12.6. The van der Waals surface area contributed by atoms with Gasteiger partial charge in [0.2, 0.25) is 5.91 Å². The fourth-order valence-corrected chi connectivity index (χ4v) is 4.45. The van der Waals surface area contributed by atoms with Crippen molar-refractivity contribution in [3.8, 4) is 0 Å². The number of nitrogens with zero attached hydrogens (tertiary/aromatic N) is 4. The van der Waals surface area contributed by atoms with Crippen molar-refractivity contribution in [2.24, 2.45) is 0 Å². The molecule has 4 rings (SSSR count).